The number of amides is 2. The Hall–Kier alpha value is -1.43. The van der Waals surface area contributed by atoms with E-state index in [9.17, 15) is 9.59 Å². The number of hydrogen-bond acceptors (Lipinski definition) is 4. The molecule has 1 heterocycles. The number of nitrogens with zero attached hydrogens (tertiary/aromatic N) is 3. The molecule has 0 atom stereocenters. The van der Waals surface area contributed by atoms with Gasteiger partial charge in [-0.1, -0.05) is 6.92 Å². The summed E-state index contributed by atoms with van der Waals surface area (Å²) in [4.78, 5) is 31.3. The molecular formula is C12H22N4O2. The number of rotatable bonds is 4. The van der Waals surface area contributed by atoms with Crippen LogP contribution in [-0.2, 0) is 4.79 Å². The van der Waals surface area contributed by atoms with Crippen molar-refractivity contribution in [2.45, 2.75) is 13.3 Å². The number of piperazine rings is 1. The van der Waals surface area contributed by atoms with Crippen LogP contribution in [0.2, 0.25) is 0 Å². The second-order valence-corrected chi connectivity index (χ2v) is 4.40. The van der Waals surface area contributed by atoms with E-state index in [1.807, 2.05) is 14.0 Å². The molecule has 18 heavy (non-hydrogen) atoms. The van der Waals surface area contributed by atoms with E-state index in [-0.39, 0.29) is 18.4 Å². The Kier molecular flexibility index (Phi) is 5.77. The molecule has 0 aromatic carbocycles. The third kappa shape index (κ3) is 4.10. The van der Waals surface area contributed by atoms with Crippen molar-refractivity contribution in [1.82, 2.24) is 15.1 Å². The summed E-state index contributed by atoms with van der Waals surface area (Å²) in [5.41, 5.74) is 0.522. The van der Waals surface area contributed by atoms with Gasteiger partial charge < -0.3 is 15.1 Å². The first kappa shape index (κ1) is 14.6. The fraction of sp³-hybridized carbons (Fsp3) is 0.750. The quantitative estimate of drug-likeness (QED) is 0.718. The molecule has 1 rings (SSSR count). The van der Waals surface area contributed by atoms with Crippen molar-refractivity contribution in [3.63, 3.8) is 0 Å². The van der Waals surface area contributed by atoms with Gasteiger partial charge in [-0.2, -0.15) is 0 Å². The van der Waals surface area contributed by atoms with E-state index in [0.717, 1.165) is 13.1 Å². The van der Waals surface area contributed by atoms with Crippen LogP contribution in [0.5, 0.6) is 0 Å². The van der Waals surface area contributed by atoms with Crippen LogP contribution >= 0.6 is 0 Å². The van der Waals surface area contributed by atoms with Gasteiger partial charge in [0.05, 0.1) is 12.3 Å². The molecule has 0 spiro atoms. The highest BCUT2D eigenvalue weighted by Crippen LogP contribution is 1.99. The molecule has 1 fully saturated rings. The van der Waals surface area contributed by atoms with E-state index in [4.69, 9.17) is 0 Å². The van der Waals surface area contributed by atoms with E-state index in [2.05, 4.69) is 15.2 Å². The van der Waals surface area contributed by atoms with Crippen molar-refractivity contribution in [3.05, 3.63) is 0 Å². The zero-order valence-electron chi connectivity index (χ0n) is 11.4. The fourth-order valence-electron chi connectivity index (χ4n) is 1.86. The van der Waals surface area contributed by atoms with Gasteiger partial charge in [0.25, 0.3) is 0 Å². The van der Waals surface area contributed by atoms with E-state index in [1.165, 1.54) is 0 Å². The molecule has 0 bridgehead atoms. The number of carbonyl (C=O) groups is 2. The average Bonchev–Trinajstić information content (AvgIpc) is 2.38. The van der Waals surface area contributed by atoms with Crippen LogP contribution in [0.3, 0.4) is 0 Å². The maximum Gasteiger partial charge on any atom is 0.317 e. The van der Waals surface area contributed by atoms with Crippen LogP contribution in [0.15, 0.2) is 4.99 Å². The number of aliphatic imine (C=N–C) groups is 1. The molecule has 0 saturated carbocycles. The Morgan fingerprint density at radius 2 is 1.83 bits per heavy atom. The summed E-state index contributed by atoms with van der Waals surface area (Å²) in [5.74, 6) is -0.109. The first-order valence-electron chi connectivity index (χ1n) is 6.28. The highest BCUT2D eigenvalue weighted by molar-refractivity contribution is 6.40. The first-order chi connectivity index (χ1) is 8.58. The van der Waals surface area contributed by atoms with Crippen molar-refractivity contribution < 1.29 is 9.59 Å². The number of urea groups is 1. The van der Waals surface area contributed by atoms with Crippen molar-refractivity contribution in [2.75, 3.05) is 46.8 Å². The number of ketones is 1. The average molecular weight is 254 g/mol. The van der Waals surface area contributed by atoms with Crippen molar-refractivity contribution in [1.29, 1.82) is 0 Å². The lowest BCUT2D eigenvalue weighted by Gasteiger charge is -2.32. The summed E-state index contributed by atoms with van der Waals surface area (Å²) in [6, 6.07) is -0.164. The molecule has 1 saturated heterocycles. The number of likely N-dealkylation sites (N-methyl/N-ethyl adjacent to an activating group) is 1. The molecule has 0 aliphatic carbocycles. The molecule has 2 amide bonds. The Morgan fingerprint density at radius 1 is 1.22 bits per heavy atom. The standard InChI is InChI=1S/C12H22N4O2/c1-4-10(13-2)11(17)9-14-12(18)16-7-5-15(3)6-8-16/h4-9H2,1-3H3,(H,14,18). The van der Waals surface area contributed by atoms with Gasteiger partial charge in [-0.05, 0) is 13.5 Å². The minimum absolute atomic E-state index is 0.0334. The second-order valence-electron chi connectivity index (χ2n) is 4.40. The Labute approximate surface area is 108 Å². The molecule has 102 valence electrons. The predicted octanol–water partition coefficient (Wildman–Crippen LogP) is -0.00670. The number of carbonyl (C=O) groups excluding carboxylic acids is 2. The maximum atomic E-state index is 11.8. The SMILES string of the molecule is CCC(=NC)C(=O)CNC(=O)N1CCN(C)CC1. The molecule has 0 radical (unpaired) electrons. The van der Waals surface area contributed by atoms with Crippen molar-refractivity contribution in [2.24, 2.45) is 4.99 Å². The third-order valence-corrected chi connectivity index (χ3v) is 3.12. The Morgan fingerprint density at radius 3 is 2.33 bits per heavy atom. The molecule has 6 nitrogen and oxygen atoms in total. The van der Waals surface area contributed by atoms with Crippen LogP contribution in [-0.4, -0.2) is 74.1 Å². The summed E-state index contributed by atoms with van der Waals surface area (Å²) < 4.78 is 0. The van der Waals surface area contributed by atoms with Crippen molar-refractivity contribution in [3.8, 4) is 0 Å². The highest BCUT2D eigenvalue weighted by atomic mass is 16.2. The van der Waals surface area contributed by atoms with E-state index in [0.29, 0.717) is 25.2 Å². The normalized spacial score (nSPS) is 17.7. The van der Waals surface area contributed by atoms with E-state index >= 15 is 0 Å². The van der Waals surface area contributed by atoms with Gasteiger partial charge in [0.2, 0.25) is 0 Å². The molecule has 0 unspecified atom stereocenters. The molecule has 1 N–H and O–H groups in total. The zero-order chi connectivity index (χ0) is 13.5. The largest absolute Gasteiger partial charge is 0.330 e. The van der Waals surface area contributed by atoms with Gasteiger partial charge in [0, 0.05) is 33.2 Å². The van der Waals surface area contributed by atoms with Gasteiger partial charge >= 0.3 is 6.03 Å². The van der Waals surface area contributed by atoms with Crippen LogP contribution in [0.4, 0.5) is 4.79 Å². The summed E-state index contributed by atoms with van der Waals surface area (Å²) >= 11 is 0. The molecular weight excluding hydrogens is 232 g/mol. The fourth-order valence-corrected chi connectivity index (χ4v) is 1.86. The minimum Gasteiger partial charge on any atom is -0.330 e. The second kappa shape index (κ2) is 7.10. The maximum absolute atomic E-state index is 11.8. The van der Waals surface area contributed by atoms with Crippen LogP contribution < -0.4 is 5.32 Å². The summed E-state index contributed by atoms with van der Waals surface area (Å²) in [6.45, 7) is 5.07. The predicted molar refractivity (Wildman–Crippen MR) is 71.1 cm³/mol. The van der Waals surface area contributed by atoms with E-state index in [1.54, 1.807) is 11.9 Å². The topological polar surface area (TPSA) is 65.0 Å². The van der Waals surface area contributed by atoms with Crippen LogP contribution in [0.1, 0.15) is 13.3 Å². The first-order valence-corrected chi connectivity index (χ1v) is 6.28. The van der Waals surface area contributed by atoms with Crippen LogP contribution in [0, 0.1) is 0 Å². The Balaban J connectivity index is 2.35. The molecule has 6 heteroatoms. The lowest BCUT2D eigenvalue weighted by atomic mass is 10.2. The van der Waals surface area contributed by atoms with Gasteiger partial charge in [0.15, 0.2) is 5.78 Å². The van der Waals surface area contributed by atoms with Gasteiger partial charge in [0.1, 0.15) is 0 Å². The molecule has 0 aromatic rings. The summed E-state index contributed by atoms with van der Waals surface area (Å²) in [7, 11) is 3.63. The van der Waals surface area contributed by atoms with E-state index < -0.39 is 0 Å². The molecule has 1 aliphatic rings. The van der Waals surface area contributed by atoms with Gasteiger partial charge in [-0.3, -0.25) is 9.79 Å². The lowest BCUT2D eigenvalue weighted by Crippen LogP contribution is -2.51. The number of nitrogens with one attached hydrogen (secondary N) is 1. The Bertz CT molecular complexity index is 333. The summed E-state index contributed by atoms with van der Waals surface area (Å²) in [6.07, 6.45) is 0.597. The monoisotopic (exact) mass is 254 g/mol. The number of Topliss-reactive ketones (excluding diaryl/α,β-unsaturated/α-hetero) is 1. The lowest BCUT2D eigenvalue weighted by molar-refractivity contribution is -0.112. The molecule has 0 aromatic heterocycles. The minimum atomic E-state index is -0.164. The number of hydrogen-bond donors (Lipinski definition) is 1. The summed E-state index contributed by atoms with van der Waals surface area (Å²) in [5, 5.41) is 2.65. The zero-order valence-corrected chi connectivity index (χ0v) is 11.4. The molecule has 1 aliphatic heterocycles. The third-order valence-electron chi connectivity index (χ3n) is 3.12. The smallest absolute Gasteiger partial charge is 0.317 e. The van der Waals surface area contributed by atoms with Crippen molar-refractivity contribution >= 4 is 17.5 Å². The van der Waals surface area contributed by atoms with Gasteiger partial charge in [-0.25, -0.2) is 4.79 Å². The highest BCUT2D eigenvalue weighted by Gasteiger charge is 2.19. The van der Waals surface area contributed by atoms with Gasteiger partial charge in [-0.15, -0.1) is 0 Å². The van der Waals surface area contributed by atoms with Crippen LogP contribution in [0.25, 0.3) is 0 Å².